The number of amides is 2. The van der Waals surface area contributed by atoms with E-state index >= 15 is 0 Å². The summed E-state index contributed by atoms with van der Waals surface area (Å²) in [6.45, 7) is 2.21. The molecule has 0 spiro atoms. The van der Waals surface area contributed by atoms with E-state index in [0.717, 1.165) is 11.1 Å². The highest BCUT2D eigenvalue weighted by atomic mass is 16.2. The third-order valence-corrected chi connectivity index (χ3v) is 4.38. The van der Waals surface area contributed by atoms with Crippen molar-refractivity contribution in [2.45, 2.75) is 13.5 Å². The second-order valence-electron chi connectivity index (χ2n) is 6.35. The fourth-order valence-corrected chi connectivity index (χ4v) is 2.80. The summed E-state index contributed by atoms with van der Waals surface area (Å²) in [6, 6.07) is 28.0. The first-order valence-electron chi connectivity index (χ1n) is 9.10. The second-order valence-corrected chi connectivity index (χ2v) is 6.35. The smallest absolute Gasteiger partial charge is 0.268 e. The van der Waals surface area contributed by atoms with E-state index in [-0.39, 0.29) is 17.5 Å². The highest BCUT2D eigenvalue weighted by molar-refractivity contribution is 6.07. The fraction of sp³-hybridized carbons (Fsp3) is 0.0833. The van der Waals surface area contributed by atoms with Crippen molar-refractivity contribution in [1.82, 2.24) is 10.6 Å². The second kappa shape index (κ2) is 9.33. The monoisotopic (exact) mass is 370 g/mol. The predicted octanol–water partition coefficient (Wildman–Crippen LogP) is 4.16. The Morgan fingerprint density at radius 3 is 1.79 bits per heavy atom. The van der Waals surface area contributed by atoms with E-state index in [0.29, 0.717) is 17.7 Å². The van der Waals surface area contributed by atoms with Crippen molar-refractivity contribution in [2.75, 3.05) is 0 Å². The normalized spacial score (nSPS) is 11.3. The fourth-order valence-electron chi connectivity index (χ4n) is 2.80. The van der Waals surface area contributed by atoms with Crippen LogP contribution >= 0.6 is 0 Å². The molecule has 140 valence electrons. The molecule has 0 atom stereocenters. The maximum atomic E-state index is 12.9. The molecule has 0 aliphatic carbocycles. The van der Waals surface area contributed by atoms with Crippen LogP contribution in [-0.2, 0) is 11.3 Å². The van der Waals surface area contributed by atoms with Gasteiger partial charge in [0.15, 0.2) is 0 Å². The molecule has 0 aliphatic rings. The molecular formula is C24H22N2O2. The Hall–Kier alpha value is -3.66. The van der Waals surface area contributed by atoms with Crippen LogP contribution < -0.4 is 10.6 Å². The van der Waals surface area contributed by atoms with Crippen molar-refractivity contribution >= 4 is 17.4 Å². The number of carbonyl (C=O) groups is 2. The topological polar surface area (TPSA) is 58.2 Å². The van der Waals surface area contributed by atoms with E-state index < -0.39 is 0 Å². The summed E-state index contributed by atoms with van der Waals surface area (Å²) < 4.78 is 0. The average Bonchev–Trinajstić information content (AvgIpc) is 2.77. The number of carbonyl (C=O) groups excluding carboxylic acids is 2. The molecule has 4 heteroatoms. The van der Waals surface area contributed by atoms with Crippen LogP contribution in [-0.4, -0.2) is 11.8 Å². The van der Waals surface area contributed by atoms with Gasteiger partial charge in [0.2, 0.25) is 0 Å². The summed E-state index contributed by atoms with van der Waals surface area (Å²) in [6.07, 6.45) is 0. The minimum absolute atomic E-state index is 0.246. The molecule has 2 N–H and O–H groups in total. The van der Waals surface area contributed by atoms with Crippen molar-refractivity contribution in [1.29, 1.82) is 0 Å². The molecule has 3 rings (SSSR count). The first-order valence-corrected chi connectivity index (χ1v) is 9.10. The van der Waals surface area contributed by atoms with Crippen LogP contribution in [0.3, 0.4) is 0 Å². The van der Waals surface area contributed by atoms with Gasteiger partial charge in [-0.05, 0) is 35.8 Å². The van der Waals surface area contributed by atoms with E-state index in [9.17, 15) is 9.59 Å². The summed E-state index contributed by atoms with van der Waals surface area (Å²) in [7, 11) is 0. The van der Waals surface area contributed by atoms with Gasteiger partial charge in [0.05, 0.1) is 0 Å². The quantitative estimate of drug-likeness (QED) is 0.640. The highest BCUT2D eigenvalue weighted by Gasteiger charge is 2.18. The van der Waals surface area contributed by atoms with Crippen molar-refractivity contribution in [2.24, 2.45) is 0 Å². The van der Waals surface area contributed by atoms with Gasteiger partial charge in [-0.2, -0.15) is 0 Å². The van der Waals surface area contributed by atoms with E-state index in [4.69, 9.17) is 0 Å². The van der Waals surface area contributed by atoms with Gasteiger partial charge in [-0.1, -0.05) is 78.9 Å². The number of benzene rings is 3. The maximum Gasteiger partial charge on any atom is 0.268 e. The Kier molecular flexibility index (Phi) is 6.37. The lowest BCUT2D eigenvalue weighted by atomic mass is 10.0. The van der Waals surface area contributed by atoms with Crippen molar-refractivity contribution < 1.29 is 9.59 Å². The Morgan fingerprint density at radius 1 is 0.714 bits per heavy atom. The Labute approximate surface area is 164 Å². The van der Waals surface area contributed by atoms with Crippen LogP contribution in [0.15, 0.2) is 96.7 Å². The van der Waals surface area contributed by atoms with Crippen LogP contribution in [0.4, 0.5) is 0 Å². The van der Waals surface area contributed by atoms with E-state index in [1.54, 1.807) is 24.3 Å². The molecule has 0 unspecified atom stereocenters. The van der Waals surface area contributed by atoms with Crippen molar-refractivity contribution in [3.05, 3.63) is 113 Å². The Balaban J connectivity index is 1.86. The molecule has 0 heterocycles. The molecule has 28 heavy (non-hydrogen) atoms. The predicted molar refractivity (Wildman–Crippen MR) is 111 cm³/mol. The summed E-state index contributed by atoms with van der Waals surface area (Å²) >= 11 is 0. The molecule has 0 saturated carbocycles. The van der Waals surface area contributed by atoms with Gasteiger partial charge in [0, 0.05) is 12.1 Å². The number of nitrogens with one attached hydrogen (secondary N) is 2. The standard InChI is InChI=1S/C24H22N2O2/c1-18(20-13-7-3-8-14-20)22(26-23(27)21-15-9-4-10-16-21)24(28)25-17-19-11-5-2-6-12-19/h2-16H,17H2,1H3,(H,25,28)(H,26,27)/b22-18+. The third-order valence-electron chi connectivity index (χ3n) is 4.38. The lowest BCUT2D eigenvalue weighted by Gasteiger charge is -2.15. The molecule has 0 saturated heterocycles. The Bertz CT molecular complexity index is 965. The van der Waals surface area contributed by atoms with Gasteiger partial charge < -0.3 is 10.6 Å². The van der Waals surface area contributed by atoms with Gasteiger partial charge in [-0.25, -0.2) is 0 Å². The maximum absolute atomic E-state index is 12.9. The molecule has 0 aliphatic heterocycles. The number of hydrogen-bond acceptors (Lipinski definition) is 2. The molecule has 0 fully saturated rings. The van der Waals surface area contributed by atoms with E-state index in [1.165, 1.54) is 0 Å². The van der Waals surface area contributed by atoms with Crippen molar-refractivity contribution in [3.63, 3.8) is 0 Å². The minimum Gasteiger partial charge on any atom is -0.347 e. The van der Waals surface area contributed by atoms with Crippen LogP contribution in [0.1, 0.15) is 28.4 Å². The molecule has 3 aromatic rings. The summed E-state index contributed by atoms with van der Waals surface area (Å²) in [5, 5.41) is 5.69. The first kappa shape index (κ1) is 19.1. The number of allylic oxidation sites excluding steroid dienone is 1. The van der Waals surface area contributed by atoms with Crippen LogP contribution in [0, 0.1) is 0 Å². The SMILES string of the molecule is C/C(=C(\NC(=O)c1ccccc1)C(=O)NCc1ccccc1)c1ccccc1. The molecular weight excluding hydrogens is 348 g/mol. The Morgan fingerprint density at radius 2 is 1.21 bits per heavy atom. The van der Waals surface area contributed by atoms with Crippen LogP contribution in [0.25, 0.3) is 5.57 Å². The van der Waals surface area contributed by atoms with Crippen LogP contribution in [0.2, 0.25) is 0 Å². The third kappa shape index (κ3) is 4.95. The lowest BCUT2D eigenvalue weighted by molar-refractivity contribution is -0.117. The summed E-state index contributed by atoms with van der Waals surface area (Å²) in [5.41, 5.74) is 3.31. The van der Waals surface area contributed by atoms with E-state index in [2.05, 4.69) is 10.6 Å². The molecule has 0 aromatic heterocycles. The van der Waals surface area contributed by atoms with Gasteiger partial charge >= 0.3 is 0 Å². The molecule has 4 nitrogen and oxygen atoms in total. The largest absolute Gasteiger partial charge is 0.347 e. The van der Waals surface area contributed by atoms with Crippen LogP contribution in [0.5, 0.6) is 0 Å². The molecule has 2 amide bonds. The molecule has 0 radical (unpaired) electrons. The van der Waals surface area contributed by atoms with Gasteiger partial charge in [-0.15, -0.1) is 0 Å². The van der Waals surface area contributed by atoms with E-state index in [1.807, 2.05) is 73.7 Å². The number of rotatable bonds is 6. The average molecular weight is 370 g/mol. The summed E-state index contributed by atoms with van der Waals surface area (Å²) in [5.74, 6) is -0.643. The summed E-state index contributed by atoms with van der Waals surface area (Å²) in [4.78, 5) is 25.6. The van der Waals surface area contributed by atoms with Gasteiger partial charge in [0.1, 0.15) is 5.70 Å². The highest BCUT2D eigenvalue weighted by Crippen LogP contribution is 2.17. The zero-order valence-corrected chi connectivity index (χ0v) is 15.7. The zero-order chi connectivity index (χ0) is 19.8. The first-order chi connectivity index (χ1) is 13.6. The molecule has 0 bridgehead atoms. The zero-order valence-electron chi connectivity index (χ0n) is 15.7. The molecule has 3 aromatic carbocycles. The lowest BCUT2D eigenvalue weighted by Crippen LogP contribution is -2.35. The number of hydrogen-bond donors (Lipinski definition) is 2. The minimum atomic E-state index is -0.325. The van der Waals surface area contributed by atoms with Gasteiger partial charge in [0.25, 0.3) is 11.8 Å². The van der Waals surface area contributed by atoms with Gasteiger partial charge in [-0.3, -0.25) is 9.59 Å². The van der Waals surface area contributed by atoms with Crippen molar-refractivity contribution in [3.8, 4) is 0 Å².